The number of imidazole rings is 1. The highest BCUT2D eigenvalue weighted by molar-refractivity contribution is 5.99. The molecule has 25 heavy (non-hydrogen) atoms. The molecule has 8 nitrogen and oxygen atoms in total. The van der Waals surface area contributed by atoms with Gasteiger partial charge in [0, 0.05) is 37.7 Å². The van der Waals surface area contributed by atoms with Gasteiger partial charge in [-0.05, 0) is 6.42 Å². The minimum atomic E-state index is -1.26. The number of unbranched alkanes of at least 4 members (excludes halogenated alkanes) is 4. The molecule has 2 amide bonds. The fourth-order valence-electron chi connectivity index (χ4n) is 2.62. The Balaban J connectivity index is 2.82. The number of carboxylic acids is 1. The van der Waals surface area contributed by atoms with Gasteiger partial charge in [0.2, 0.25) is 11.8 Å². The van der Waals surface area contributed by atoms with E-state index in [-0.39, 0.29) is 25.8 Å². The first-order valence-corrected chi connectivity index (χ1v) is 8.76. The Morgan fingerprint density at radius 1 is 1.20 bits per heavy atom. The first kappa shape index (κ1) is 20.8. The predicted octanol–water partition coefficient (Wildman–Crippen LogP) is 1.47. The van der Waals surface area contributed by atoms with E-state index in [4.69, 9.17) is 5.73 Å². The summed E-state index contributed by atoms with van der Waals surface area (Å²) in [6, 6.07) is -1.26. The van der Waals surface area contributed by atoms with Gasteiger partial charge in [0.1, 0.15) is 6.04 Å². The van der Waals surface area contributed by atoms with Crippen LogP contribution < -0.4 is 5.73 Å². The number of imide groups is 1. The van der Waals surface area contributed by atoms with Crippen LogP contribution in [0.5, 0.6) is 0 Å². The second kappa shape index (κ2) is 11.4. The van der Waals surface area contributed by atoms with Crippen molar-refractivity contribution in [1.29, 1.82) is 0 Å². The van der Waals surface area contributed by atoms with Crippen LogP contribution in [0.2, 0.25) is 0 Å². The number of carbonyl (C=O) groups is 3. The van der Waals surface area contributed by atoms with E-state index in [1.165, 1.54) is 12.5 Å². The molecule has 0 saturated heterocycles. The molecule has 0 bridgehead atoms. The molecule has 0 aliphatic heterocycles. The van der Waals surface area contributed by atoms with Gasteiger partial charge in [0.05, 0.1) is 6.33 Å². The van der Waals surface area contributed by atoms with Crippen molar-refractivity contribution < 1.29 is 19.5 Å². The Labute approximate surface area is 147 Å². The summed E-state index contributed by atoms with van der Waals surface area (Å²) in [5.41, 5.74) is 5.96. The third kappa shape index (κ3) is 7.04. The maximum atomic E-state index is 12.5. The number of nitrogens with zero attached hydrogens (tertiary/aromatic N) is 2. The van der Waals surface area contributed by atoms with Gasteiger partial charge in [0.25, 0.3) is 0 Å². The van der Waals surface area contributed by atoms with Crippen molar-refractivity contribution >= 4 is 17.8 Å². The Kier molecular flexibility index (Phi) is 9.46. The number of nitrogens with two attached hydrogens (primary N) is 1. The smallest absolute Gasteiger partial charge is 0.327 e. The normalized spacial score (nSPS) is 11.9. The third-order valence-corrected chi connectivity index (χ3v) is 3.95. The lowest BCUT2D eigenvalue weighted by Gasteiger charge is -2.27. The van der Waals surface area contributed by atoms with Gasteiger partial charge in [-0.2, -0.15) is 0 Å². The van der Waals surface area contributed by atoms with E-state index < -0.39 is 23.8 Å². The van der Waals surface area contributed by atoms with Crippen molar-refractivity contribution in [3.8, 4) is 0 Å². The molecule has 0 spiro atoms. The van der Waals surface area contributed by atoms with Crippen LogP contribution in [0.15, 0.2) is 12.5 Å². The fraction of sp³-hybridized carbons (Fsp3) is 0.647. The van der Waals surface area contributed by atoms with Crippen LogP contribution in [0.4, 0.5) is 0 Å². The van der Waals surface area contributed by atoms with Crippen molar-refractivity contribution in [2.75, 3.05) is 6.54 Å². The minimum Gasteiger partial charge on any atom is -0.480 e. The maximum Gasteiger partial charge on any atom is 0.327 e. The van der Waals surface area contributed by atoms with E-state index in [0.29, 0.717) is 12.1 Å². The summed E-state index contributed by atoms with van der Waals surface area (Å²) in [4.78, 5) is 44.1. The molecule has 1 atom stereocenters. The predicted molar refractivity (Wildman–Crippen MR) is 92.6 cm³/mol. The second-order valence-electron chi connectivity index (χ2n) is 6.00. The van der Waals surface area contributed by atoms with Gasteiger partial charge < -0.3 is 15.8 Å². The zero-order valence-corrected chi connectivity index (χ0v) is 14.7. The number of rotatable bonds is 12. The highest BCUT2D eigenvalue weighted by Crippen LogP contribution is 2.14. The third-order valence-electron chi connectivity index (χ3n) is 3.95. The number of carboxylic acid groups (broad SMARTS) is 1. The SMILES string of the molecule is CCCCCCCC(=O)N(C(=O)CCN)C(Cc1cnc[nH]1)C(=O)O. The number of hydrogen-bond donors (Lipinski definition) is 3. The summed E-state index contributed by atoms with van der Waals surface area (Å²) in [7, 11) is 0. The van der Waals surface area contributed by atoms with Crippen molar-refractivity contribution in [2.24, 2.45) is 5.73 Å². The molecule has 1 heterocycles. The first-order chi connectivity index (χ1) is 12.0. The molecule has 0 fully saturated rings. The summed E-state index contributed by atoms with van der Waals surface area (Å²) >= 11 is 0. The summed E-state index contributed by atoms with van der Waals surface area (Å²) in [6.07, 6.45) is 7.75. The summed E-state index contributed by atoms with van der Waals surface area (Å²) in [5.74, 6) is -2.23. The van der Waals surface area contributed by atoms with Crippen molar-refractivity contribution in [3.05, 3.63) is 18.2 Å². The van der Waals surface area contributed by atoms with Gasteiger partial charge >= 0.3 is 5.97 Å². The molecule has 0 aromatic carbocycles. The van der Waals surface area contributed by atoms with Crippen LogP contribution in [0.1, 0.15) is 57.6 Å². The van der Waals surface area contributed by atoms with Crippen LogP contribution in [0, 0.1) is 0 Å². The lowest BCUT2D eigenvalue weighted by Crippen LogP contribution is -2.50. The van der Waals surface area contributed by atoms with Gasteiger partial charge in [-0.3, -0.25) is 14.5 Å². The lowest BCUT2D eigenvalue weighted by atomic mass is 10.1. The number of amides is 2. The highest BCUT2D eigenvalue weighted by Gasteiger charge is 2.34. The number of hydrogen-bond acceptors (Lipinski definition) is 5. The molecule has 0 aliphatic carbocycles. The molecule has 0 aliphatic rings. The average molecular weight is 352 g/mol. The quantitative estimate of drug-likeness (QED) is 0.488. The number of aromatic nitrogens is 2. The molecule has 1 aromatic rings. The summed E-state index contributed by atoms with van der Waals surface area (Å²) in [5, 5.41) is 9.54. The van der Waals surface area contributed by atoms with E-state index in [9.17, 15) is 19.5 Å². The lowest BCUT2D eigenvalue weighted by molar-refractivity contribution is -0.158. The van der Waals surface area contributed by atoms with E-state index in [2.05, 4.69) is 16.9 Å². The van der Waals surface area contributed by atoms with E-state index >= 15 is 0 Å². The molecule has 4 N–H and O–H groups in total. The largest absolute Gasteiger partial charge is 0.480 e. The molecule has 0 saturated carbocycles. The summed E-state index contributed by atoms with van der Waals surface area (Å²) < 4.78 is 0. The van der Waals surface area contributed by atoms with E-state index in [1.807, 2.05) is 0 Å². The Hall–Kier alpha value is -2.22. The number of H-pyrrole nitrogens is 1. The Morgan fingerprint density at radius 2 is 1.88 bits per heavy atom. The number of aromatic amines is 1. The van der Waals surface area contributed by atoms with Gasteiger partial charge in [-0.15, -0.1) is 0 Å². The van der Waals surface area contributed by atoms with Gasteiger partial charge in [-0.25, -0.2) is 9.78 Å². The standard InChI is InChI=1S/C17H28N4O4/c1-2-3-4-5-6-7-15(22)21(16(23)8-9-18)14(17(24)25)10-13-11-19-12-20-13/h11-12,14H,2-10,18H2,1H3,(H,19,20)(H,24,25). The maximum absolute atomic E-state index is 12.5. The Morgan fingerprint density at radius 3 is 2.44 bits per heavy atom. The van der Waals surface area contributed by atoms with Crippen LogP contribution in [0.25, 0.3) is 0 Å². The highest BCUT2D eigenvalue weighted by atomic mass is 16.4. The zero-order valence-electron chi connectivity index (χ0n) is 14.7. The molecule has 8 heteroatoms. The van der Waals surface area contributed by atoms with Crippen molar-refractivity contribution in [1.82, 2.24) is 14.9 Å². The van der Waals surface area contributed by atoms with Gasteiger partial charge in [-0.1, -0.05) is 32.6 Å². The first-order valence-electron chi connectivity index (χ1n) is 8.76. The number of nitrogens with one attached hydrogen (secondary N) is 1. The van der Waals surface area contributed by atoms with Crippen LogP contribution in [-0.2, 0) is 20.8 Å². The number of aliphatic carboxylic acids is 1. The van der Waals surface area contributed by atoms with Crippen LogP contribution in [-0.4, -0.2) is 50.3 Å². The molecule has 140 valence electrons. The molecule has 1 aromatic heterocycles. The molecular formula is C17H28N4O4. The number of carbonyl (C=O) groups excluding carboxylic acids is 2. The average Bonchev–Trinajstić information content (AvgIpc) is 3.07. The van der Waals surface area contributed by atoms with Gasteiger partial charge in [0.15, 0.2) is 0 Å². The van der Waals surface area contributed by atoms with Crippen molar-refractivity contribution in [3.63, 3.8) is 0 Å². The molecule has 1 unspecified atom stereocenters. The molecule has 0 radical (unpaired) electrons. The summed E-state index contributed by atoms with van der Waals surface area (Å²) in [6.45, 7) is 2.17. The monoisotopic (exact) mass is 352 g/mol. The zero-order chi connectivity index (χ0) is 18.7. The second-order valence-corrected chi connectivity index (χ2v) is 6.00. The van der Waals surface area contributed by atoms with E-state index in [1.54, 1.807) is 0 Å². The topological polar surface area (TPSA) is 129 Å². The minimum absolute atomic E-state index is 0.00673. The fourth-order valence-corrected chi connectivity index (χ4v) is 2.62. The molecule has 1 rings (SSSR count). The van der Waals surface area contributed by atoms with Crippen molar-refractivity contribution in [2.45, 2.75) is 64.3 Å². The Bertz CT molecular complexity index is 545. The molecular weight excluding hydrogens is 324 g/mol. The van der Waals surface area contributed by atoms with E-state index in [0.717, 1.165) is 30.6 Å². The van der Waals surface area contributed by atoms with Crippen LogP contribution in [0.3, 0.4) is 0 Å². The van der Waals surface area contributed by atoms with Crippen LogP contribution >= 0.6 is 0 Å².